The van der Waals surface area contributed by atoms with Crippen LogP contribution >= 0.6 is 11.8 Å². The molecule has 1 aliphatic heterocycles. The number of ether oxygens (including phenoxy) is 1. The van der Waals surface area contributed by atoms with E-state index in [4.69, 9.17) is 4.74 Å². The molecule has 6 heteroatoms. The Morgan fingerprint density at radius 3 is 2.52 bits per heavy atom. The van der Waals surface area contributed by atoms with Crippen LogP contribution in [0.5, 0.6) is 5.75 Å². The smallest absolute Gasteiger partial charge is 0.251 e. The van der Waals surface area contributed by atoms with Gasteiger partial charge in [-0.3, -0.25) is 9.59 Å². The zero-order valence-electron chi connectivity index (χ0n) is 15.9. The van der Waals surface area contributed by atoms with Crippen LogP contribution in [0, 0.1) is 5.92 Å². The number of nitrogens with one attached hydrogen (secondary N) is 2. The quantitative estimate of drug-likeness (QED) is 0.808. The summed E-state index contributed by atoms with van der Waals surface area (Å²) in [6, 6.07) is 13.0. The van der Waals surface area contributed by atoms with Gasteiger partial charge in [-0.15, -0.1) is 11.8 Å². The van der Waals surface area contributed by atoms with E-state index in [0.717, 1.165) is 16.2 Å². The highest BCUT2D eigenvalue weighted by Gasteiger charge is 2.25. The number of hydrogen-bond donors (Lipinski definition) is 2. The lowest BCUT2D eigenvalue weighted by molar-refractivity contribution is -0.115. The van der Waals surface area contributed by atoms with Crippen LogP contribution in [0.25, 0.3) is 0 Å². The summed E-state index contributed by atoms with van der Waals surface area (Å²) in [5.41, 5.74) is 2.25. The molecule has 2 unspecified atom stereocenters. The van der Waals surface area contributed by atoms with E-state index >= 15 is 0 Å². The first-order valence-corrected chi connectivity index (χ1v) is 9.83. The summed E-state index contributed by atoms with van der Waals surface area (Å²) in [7, 11) is 1.63. The predicted octanol–water partition coefficient (Wildman–Crippen LogP) is 4.26. The lowest BCUT2D eigenvalue weighted by atomic mass is 9.95. The van der Waals surface area contributed by atoms with Crippen LogP contribution < -0.4 is 15.4 Å². The third-order valence-electron chi connectivity index (χ3n) is 4.60. The van der Waals surface area contributed by atoms with Crippen LogP contribution in [0.4, 0.5) is 5.69 Å². The van der Waals surface area contributed by atoms with Crippen LogP contribution in [0.15, 0.2) is 47.4 Å². The Morgan fingerprint density at radius 2 is 1.89 bits per heavy atom. The van der Waals surface area contributed by atoms with E-state index in [-0.39, 0.29) is 29.0 Å². The van der Waals surface area contributed by atoms with Gasteiger partial charge in [-0.1, -0.05) is 26.0 Å². The average Bonchev–Trinajstić information content (AvgIpc) is 2.66. The molecular formula is C21H24N2O3S. The standard InChI is InChI=1S/C21H24N2O3S/c1-12(2)19(14-5-8-16(26-4)9-6-14)23-21(25)15-7-10-18-17(11-15)22-20(24)13(3)27-18/h5-13,19H,1-4H3,(H,22,24)(H,23,25). The molecule has 2 atom stereocenters. The number of thioether (sulfide) groups is 1. The van der Waals surface area contributed by atoms with Crippen LogP contribution in [0.2, 0.25) is 0 Å². The topological polar surface area (TPSA) is 67.4 Å². The zero-order valence-corrected chi connectivity index (χ0v) is 16.7. The van der Waals surface area contributed by atoms with Gasteiger partial charge >= 0.3 is 0 Å². The number of hydrogen-bond acceptors (Lipinski definition) is 4. The van der Waals surface area contributed by atoms with E-state index in [0.29, 0.717) is 11.3 Å². The normalized spacial score (nSPS) is 17.1. The van der Waals surface area contributed by atoms with Crippen molar-refractivity contribution in [3.63, 3.8) is 0 Å². The molecule has 2 aromatic carbocycles. The number of anilines is 1. The first kappa shape index (κ1) is 19.3. The van der Waals surface area contributed by atoms with Crippen molar-refractivity contribution < 1.29 is 14.3 Å². The van der Waals surface area contributed by atoms with E-state index in [9.17, 15) is 9.59 Å². The molecule has 0 aromatic heterocycles. The van der Waals surface area contributed by atoms with Crippen molar-refractivity contribution in [2.45, 2.75) is 37.0 Å². The minimum absolute atomic E-state index is 0.0386. The number of carbonyl (C=O) groups is 2. The number of benzene rings is 2. The summed E-state index contributed by atoms with van der Waals surface area (Å²) in [6.07, 6.45) is 0. The highest BCUT2D eigenvalue weighted by atomic mass is 32.2. The largest absolute Gasteiger partial charge is 0.497 e. The minimum Gasteiger partial charge on any atom is -0.497 e. The molecule has 27 heavy (non-hydrogen) atoms. The summed E-state index contributed by atoms with van der Waals surface area (Å²) >= 11 is 1.50. The van der Waals surface area contributed by atoms with E-state index in [1.807, 2.05) is 37.3 Å². The van der Waals surface area contributed by atoms with Crippen molar-refractivity contribution in [2.24, 2.45) is 5.92 Å². The molecule has 3 rings (SSSR count). The molecule has 0 saturated heterocycles. The SMILES string of the molecule is COc1ccc(C(NC(=O)c2ccc3c(c2)NC(=O)C(C)S3)C(C)C)cc1. The predicted molar refractivity (Wildman–Crippen MR) is 108 cm³/mol. The zero-order chi connectivity index (χ0) is 19.6. The highest BCUT2D eigenvalue weighted by Crippen LogP contribution is 2.36. The van der Waals surface area contributed by atoms with Crippen molar-refractivity contribution in [1.29, 1.82) is 0 Å². The van der Waals surface area contributed by atoms with Crippen molar-refractivity contribution in [3.05, 3.63) is 53.6 Å². The Bertz CT molecular complexity index is 849. The van der Waals surface area contributed by atoms with Crippen LogP contribution in [-0.2, 0) is 4.79 Å². The fourth-order valence-corrected chi connectivity index (χ4v) is 3.95. The fourth-order valence-electron chi connectivity index (χ4n) is 3.02. The van der Waals surface area contributed by atoms with Crippen molar-refractivity contribution in [1.82, 2.24) is 5.32 Å². The molecule has 2 amide bonds. The summed E-state index contributed by atoms with van der Waals surface area (Å²) < 4.78 is 5.21. The Labute approximate surface area is 163 Å². The number of carbonyl (C=O) groups excluding carboxylic acids is 2. The fraction of sp³-hybridized carbons (Fsp3) is 0.333. The van der Waals surface area contributed by atoms with Gasteiger partial charge < -0.3 is 15.4 Å². The summed E-state index contributed by atoms with van der Waals surface area (Å²) in [5, 5.41) is 5.86. The van der Waals surface area contributed by atoms with Crippen LogP contribution in [-0.4, -0.2) is 24.2 Å². The maximum atomic E-state index is 12.8. The lowest BCUT2D eigenvalue weighted by Crippen LogP contribution is -2.32. The van der Waals surface area contributed by atoms with Crippen molar-refractivity contribution in [3.8, 4) is 5.75 Å². The maximum absolute atomic E-state index is 12.8. The van der Waals surface area contributed by atoms with Crippen molar-refractivity contribution >= 4 is 29.3 Å². The van der Waals surface area contributed by atoms with E-state index in [2.05, 4.69) is 24.5 Å². The van der Waals surface area contributed by atoms with E-state index in [1.165, 1.54) is 11.8 Å². The average molecular weight is 385 g/mol. The Hall–Kier alpha value is -2.47. The van der Waals surface area contributed by atoms with Gasteiger partial charge in [-0.05, 0) is 48.7 Å². The second-order valence-electron chi connectivity index (χ2n) is 6.93. The lowest BCUT2D eigenvalue weighted by Gasteiger charge is -2.24. The van der Waals surface area contributed by atoms with Gasteiger partial charge in [0.05, 0.1) is 24.1 Å². The molecule has 0 saturated carbocycles. The molecule has 0 bridgehead atoms. The highest BCUT2D eigenvalue weighted by molar-refractivity contribution is 8.00. The van der Waals surface area contributed by atoms with E-state index in [1.54, 1.807) is 19.2 Å². The number of fused-ring (bicyclic) bond motifs is 1. The van der Waals surface area contributed by atoms with Crippen LogP contribution in [0.3, 0.4) is 0 Å². The van der Waals surface area contributed by atoms with Gasteiger partial charge in [0.25, 0.3) is 5.91 Å². The summed E-state index contributed by atoms with van der Waals surface area (Å²) in [4.78, 5) is 25.7. The maximum Gasteiger partial charge on any atom is 0.251 e. The third kappa shape index (κ3) is 4.27. The minimum atomic E-state index is -0.162. The van der Waals surface area contributed by atoms with Crippen LogP contribution in [0.1, 0.15) is 42.7 Å². The van der Waals surface area contributed by atoms with Gasteiger partial charge in [-0.2, -0.15) is 0 Å². The molecule has 2 N–H and O–H groups in total. The van der Waals surface area contributed by atoms with Gasteiger partial charge in [0, 0.05) is 10.5 Å². The van der Waals surface area contributed by atoms with Gasteiger partial charge in [0.2, 0.25) is 5.91 Å². The van der Waals surface area contributed by atoms with Gasteiger partial charge in [-0.25, -0.2) is 0 Å². The monoisotopic (exact) mass is 384 g/mol. The Kier molecular flexibility index (Phi) is 5.75. The second kappa shape index (κ2) is 8.05. The first-order valence-electron chi connectivity index (χ1n) is 8.95. The van der Waals surface area contributed by atoms with E-state index < -0.39 is 0 Å². The van der Waals surface area contributed by atoms with Crippen molar-refractivity contribution in [2.75, 3.05) is 12.4 Å². The number of rotatable bonds is 5. The molecule has 1 aliphatic rings. The van der Waals surface area contributed by atoms with Gasteiger partial charge in [0.15, 0.2) is 0 Å². The number of methoxy groups -OCH3 is 1. The molecule has 0 aliphatic carbocycles. The molecule has 1 heterocycles. The molecule has 0 spiro atoms. The first-order chi connectivity index (χ1) is 12.9. The van der Waals surface area contributed by atoms with Gasteiger partial charge in [0.1, 0.15) is 5.75 Å². The second-order valence-corrected chi connectivity index (χ2v) is 8.31. The molecule has 0 fully saturated rings. The molecular weight excluding hydrogens is 360 g/mol. The Balaban J connectivity index is 1.80. The molecule has 2 aromatic rings. The molecule has 5 nitrogen and oxygen atoms in total. The molecule has 142 valence electrons. The Morgan fingerprint density at radius 1 is 1.19 bits per heavy atom. The number of amides is 2. The summed E-state index contributed by atoms with van der Waals surface area (Å²) in [5.74, 6) is 0.800. The summed E-state index contributed by atoms with van der Waals surface area (Å²) in [6.45, 7) is 6.01. The molecule has 0 radical (unpaired) electrons. The third-order valence-corrected chi connectivity index (χ3v) is 5.78.